The van der Waals surface area contributed by atoms with Crippen LogP contribution in [0.25, 0.3) is 0 Å². The van der Waals surface area contributed by atoms with E-state index in [1.165, 1.54) is 17.3 Å². The Morgan fingerprint density at radius 3 is 2.30 bits per heavy atom. The SMILES string of the molecule is CN(CC(NC(=O)C(F)(F)F)C(=O)O)c1ccccc1. The van der Waals surface area contributed by atoms with Gasteiger partial charge in [0.15, 0.2) is 0 Å². The number of amides is 1. The molecule has 1 rings (SSSR count). The monoisotopic (exact) mass is 290 g/mol. The summed E-state index contributed by atoms with van der Waals surface area (Å²) in [4.78, 5) is 23.1. The van der Waals surface area contributed by atoms with Gasteiger partial charge in [0.05, 0.1) is 0 Å². The summed E-state index contributed by atoms with van der Waals surface area (Å²) in [7, 11) is 1.52. The molecule has 0 aliphatic carbocycles. The lowest BCUT2D eigenvalue weighted by atomic mass is 10.2. The second-order valence-electron chi connectivity index (χ2n) is 4.08. The van der Waals surface area contributed by atoms with Crippen molar-refractivity contribution in [2.24, 2.45) is 0 Å². The number of hydrogen-bond acceptors (Lipinski definition) is 3. The van der Waals surface area contributed by atoms with Gasteiger partial charge in [0.1, 0.15) is 6.04 Å². The average Bonchev–Trinajstić information content (AvgIpc) is 2.37. The molecule has 1 amide bonds. The zero-order valence-electron chi connectivity index (χ0n) is 10.5. The quantitative estimate of drug-likeness (QED) is 0.856. The van der Waals surface area contributed by atoms with Crippen molar-refractivity contribution in [3.63, 3.8) is 0 Å². The number of carbonyl (C=O) groups is 2. The van der Waals surface area contributed by atoms with E-state index in [1.807, 2.05) is 0 Å². The minimum Gasteiger partial charge on any atom is -0.480 e. The predicted molar refractivity (Wildman–Crippen MR) is 65.3 cm³/mol. The van der Waals surface area contributed by atoms with Gasteiger partial charge in [-0.05, 0) is 12.1 Å². The molecule has 0 aromatic heterocycles. The van der Waals surface area contributed by atoms with Gasteiger partial charge in [-0.25, -0.2) is 4.79 Å². The van der Waals surface area contributed by atoms with Crippen molar-refractivity contribution < 1.29 is 27.9 Å². The van der Waals surface area contributed by atoms with Crippen LogP contribution in [0.4, 0.5) is 18.9 Å². The maximum atomic E-state index is 12.1. The lowest BCUT2D eigenvalue weighted by Crippen LogP contribution is -2.51. The summed E-state index contributed by atoms with van der Waals surface area (Å²) in [5.41, 5.74) is 0.625. The van der Waals surface area contributed by atoms with Gasteiger partial charge in [0, 0.05) is 19.3 Å². The summed E-state index contributed by atoms with van der Waals surface area (Å²) in [5.74, 6) is -3.81. The number of alkyl halides is 3. The number of likely N-dealkylation sites (N-methyl/N-ethyl adjacent to an activating group) is 1. The standard InChI is InChI=1S/C12H13F3N2O3/c1-17(8-5-3-2-4-6-8)7-9(10(18)19)16-11(20)12(13,14)15/h2-6,9H,7H2,1H3,(H,16,20)(H,18,19). The summed E-state index contributed by atoms with van der Waals surface area (Å²) >= 11 is 0. The number of hydrogen-bond donors (Lipinski definition) is 2. The summed E-state index contributed by atoms with van der Waals surface area (Å²) in [6, 6.07) is 6.84. The largest absolute Gasteiger partial charge is 0.480 e. The predicted octanol–water partition coefficient (Wildman–Crippen LogP) is 1.25. The zero-order chi connectivity index (χ0) is 15.3. The Morgan fingerprint density at radius 2 is 1.85 bits per heavy atom. The summed E-state index contributed by atoms with van der Waals surface area (Å²) < 4.78 is 36.3. The van der Waals surface area contributed by atoms with Crippen LogP contribution in [0, 0.1) is 0 Å². The van der Waals surface area contributed by atoms with E-state index < -0.39 is 24.1 Å². The van der Waals surface area contributed by atoms with E-state index in [0.29, 0.717) is 5.69 Å². The first-order valence-electron chi connectivity index (χ1n) is 5.58. The topological polar surface area (TPSA) is 69.6 Å². The number of carboxylic acid groups (broad SMARTS) is 1. The smallest absolute Gasteiger partial charge is 0.471 e. The first kappa shape index (κ1) is 15.8. The van der Waals surface area contributed by atoms with Gasteiger partial charge in [-0.2, -0.15) is 13.2 Å². The third kappa shape index (κ3) is 4.45. The van der Waals surface area contributed by atoms with Crippen LogP contribution in [0.3, 0.4) is 0 Å². The molecule has 20 heavy (non-hydrogen) atoms. The molecule has 0 bridgehead atoms. The Balaban J connectivity index is 2.74. The summed E-state index contributed by atoms with van der Waals surface area (Å²) in [6.45, 7) is -0.291. The Kier molecular flexibility index (Phi) is 4.95. The molecule has 0 aliphatic rings. The van der Waals surface area contributed by atoms with E-state index in [4.69, 9.17) is 5.11 Å². The third-order valence-corrected chi connectivity index (χ3v) is 2.51. The van der Waals surface area contributed by atoms with Gasteiger partial charge < -0.3 is 15.3 Å². The Morgan fingerprint density at radius 1 is 1.30 bits per heavy atom. The van der Waals surface area contributed by atoms with Crippen LogP contribution in [0.2, 0.25) is 0 Å². The number of benzene rings is 1. The highest BCUT2D eigenvalue weighted by Crippen LogP contribution is 2.15. The number of rotatable bonds is 5. The minimum absolute atomic E-state index is 0.291. The van der Waals surface area contributed by atoms with Gasteiger partial charge in [-0.15, -0.1) is 0 Å². The molecule has 0 fully saturated rings. The van der Waals surface area contributed by atoms with Gasteiger partial charge in [-0.3, -0.25) is 4.79 Å². The van der Waals surface area contributed by atoms with Crippen molar-refractivity contribution in [2.45, 2.75) is 12.2 Å². The van der Waals surface area contributed by atoms with E-state index in [0.717, 1.165) is 0 Å². The Bertz CT molecular complexity index is 477. The number of halogens is 3. The van der Waals surface area contributed by atoms with E-state index in [1.54, 1.807) is 30.3 Å². The highest BCUT2D eigenvalue weighted by atomic mass is 19.4. The van der Waals surface area contributed by atoms with Crippen molar-refractivity contribution in [1.82, 2.24) is 5.32 Å². The number of aliphatic carboxylic acids is 1. The molecular formula is C12H13F3N2O3. The van der Waals surface area contributed by atoms with Crippen LogP contribution >= 0.6 is 0 Å². The van der Waals surface area contributed by atoms with Crippen molar-refractivity contribution in [3.8, 4) is 0 Å². The minimum atomic E-state index is -5.11. The van der Waals surface area contributed by atoms with Crippen LogP contribution in [0.15, 0.2) is 30.3 Å². The lowest BCUT2D eigenvalue weighted by Gasteiger charge is -2.24. The van der Waals surface area contributed by atoms with Gasteiger partial charge >= 0.3 is 18.1 Å². The number of carbonyl (C=O) groups excluding carboxylic acids is 1. The molecule has 0 saturated heterocycles. The van der Waals surface area contributed by atoms with Gasteiger partial charge in [0.2, 0.25) is 0 Å². The first-order chi connectivity index (χ1) is 9.21. The normalized spacial score (nSPS) is 12.6. The molecule has 8 heteroatoms. The molecule has 1 aromatic rings. The van der Waals surface area contributed by atoms with E-state index in [2.05, 4.69) is 0 Å². The highest BCUT2D eigenvalue weighted by molar-refractivity contribution is 5.87. The summed E-state index contributed by atoms with van der Waals surface area (Å²) in [6.07, 6.45) is -5.11. The molecular weight excluding hydrogens is 277 g/mol. The Hall–Kier alpha value is -2.25. The highest BCUT2D eigenvalue weighted by Gasteiger charge is 2.41. The molecule has 0 spiro atoms. The molecule has 0 aliphatic heterocycles. The summed E-state index contributed by atoms with van der Waals surface area (Å²) in [5, 5.41) is 10.3. The lowest BCUT2D eigenvalue weighted by molar-refractivity contribution is -0.175. The number of nitrogens with zero attached hydrogens (tertiary/aromatic N) is 1. The second kappa shape index (κ2) is 6.27. The van der Waals surface area contributed by atoms with Crippen LogP contribution in [-0.4, -0.2) is 42.8 Å². The van der Waals surface area contributed by atoms with E-state index >= 15 is 0 Å². The molecule has 5 nitrogen and oxygen atoms in total. The van der Waals surface area contributed by atoms with Crippen LogP contribution in [-0.2, 0) is 9.59 Å². The number of anilines is 1. The number of nitrogens with one attached hydrogen (secondary N) is 1. The molecule has 1 aromatic carbocycles. The van der Waals surface area contributed by atoms with Crippen molar-refractivity contribution >= 4 is 17.6 Å². The molecule has 110 valence electrons. The zero-order valence-corrected chi connectivity index (χ0v) is 10.5. The fraction of sp³-hybridized carbons (Fsp3) is 0.333. The fourth-order valence-corrected chi connectivity index (χ4v) is 1.49. The fourth-order valence-electron chi connectivity index (χ4n) is 1.49. The molecule has 0 heterocycles. The van der Waals surface area contributed by atoms with Crippen LogP contribution in [0.1, 0.15) is 0 Å². The first-order valence-corrected chi connectivity index (χ1v) is 5.58. The van der Waals surface area contributed by atoms with Gasteiger partial charge in [-0.1, -0.05) is 18.2 Å². The van der Waals surface area contributed by atoms with Crippen molar-refractivity contribution in [3.05, 3.63) is 30.3 Å². The van der Waals surface area contributed by atoms with E-state index in [9.17, 15) is 22.8 Å². The van der Waals surface area contributed by atoms with Crippen LogP contribution < -0.4 is 10.2 Å². The number of para-hydroxylation sites is 1. The maximum Gasteiger partial charge on any atom is 0.471 e. The van der Waals surface area contributed by atoms with E-state index in [-0.39, 0.29) is 6.54 Å². The average molecular weight is 290 g/mol. The van der Waals surface area contributed by atoms with Crippen LogP contribution in [0.5, 0.6) is 0 Å². The Labute approximate surface area is 113 Å². The molecule has 1 atom stereocenters. The second-order valence-corrected chi connectivity index (χ2v) is 4.08. The molecule has 1 unspecified atom stereocenters. The van der Waals surface area contributed by atoms with Crippen molar-refractivity contribution in [2.75, 3.05) is 18.5 Å². The van der Waals surface area contributed by atoms with Crippen molar-refractivity contribution in [1.29, 1.82) is 0 Å². The third-order valence-electron chi connectivity index (χ3n) is 2.51. The molecule has 0 radical (unpaired) electrons. The number of carboxylic acids is 1. The van der Waals surface area contributed by atoms with Gasteiger partial charge in [0.25, 0.3) is 0 Å². The molecule has 2 N–H and O–H groups in total. The molecule has 0 saturated carbocycles. The maximum absolute atomic E-state index is 12.1.